The quantitative estimate of drug-likeness (QED) is 0.778. The van der Waals surface area contributed by atoms with Crippen LogP contribution in [0.2, 0.25) is 0 Å². The first-order chi connectivity index (χ1) is 11.8. The number of ketones is 1. The number of likely N-dealkylation sites (N-methyl/N-ethyl adjacent to an activating group) is 1. The van der Waals surface area contributed by atoms with E-state index in [2.05, 4.69) is 0 Å². The Hall–Kier alpha value is -2.14. The maximum atomic E-state index is 13.1. The van der Waals surface area contributed by atoms with Crippen LogP contribution in [0.3, 0.4) is 0 Å². The number of rotatable bonds is 2. The van der Waals surface area contributed by atoms with Crippen LogP contribution in [0.15, 0.2) is 42.0 Å². The van der Waals surface area contributed by atoms with E-state index in [-0.39, 0.29) is 30.0 Å². The summed E-state index contributed by atoms with van der Waals surface area (Å²) < 4.78 is 6.17. The average Bonchev–Trinajstić information content (AvgIpc) is 2.94. The first kappa shape index (κ1) is 16.3. The molecule has 0 aliphatic carbocycles. The van der Waals surface area contributed by atoms with Gasteiger partial charge >= 0.3 is 6.03 Å². The zero-order valence-corrected chi connectivity index (χ0v) is 15.1. The molecule has 132 valence electrons. The van der Waals surface area contributed by atoms with Gasteiger partial charge in [-0.3, -0.25) is 4.79 Å². The Morgan fingerprint density at radius 2 is 1.88 bits per heavy atom. The smallest absolute Gasteiger partial charge is 0.321 e. The summed E-state index contributed by atoms with van der Waals surface area (Å²) in [4.78, 5) is 29.6. The monoisotopic (exact) mass is 340 g/mol. The summed E-state index contributed by atoms with van der Waals surface area (Å²) >= 11 is 0. The molecule has 5 heteroatoms. The Morgan fingerprint density at radius 3 is 2.56 bits per heavy atom. The molecule has 3 aliphatic rings. The third kappa shape index (κ3) is 2.18. The SMILES string of the molecule is CC1=CC2CC(=O)C(N3C(=O)N(C)C(C)C3c3ccccc3)C1(C)O2. The van der Waals surface area contributed by atoms with E-state index in [1.807, 2.05) is 57.2 Å². The number of ether oxygens (including phenoxy) is 1. The third-order valence-corrected chi connectivity index (χ3v) is 6.15. The van der Waals surface area contributed by atoms with Gasteiger partial charge < -0.3 is 14.5 Å². The molecule has 0 N–H and O–H groups in total. The molecular formula is C20H24N2O3. The van der Waals surface area contributed by atoms with E-state index in [0.29, 0.717) is 6.42 Å². The molecule has 2 fully saturated rings. The lowest BCUT2D eigenvalue weighted by Gasteiger charge is -2.45. The molecule has 5 nitrogen and oxygen atoms in total. The van der Waals surface area contributed by atoms with Crippen molar-refractivity contribution in [1.82, 2.24) is 9.80 Å². The van der Waals surface area contributed by atoms with Gasteiger partial charge in [0.05, 0.1) is 18.2 Å². The topological polar surface area (TPSA) is 49.9 Å². The highest BCUT2D eigenvalue weighted by Gasteiger charge is 2.59. The minimum Gasteiger partial charge on any atom is -0.361 e. The van der Waals surface area contributed by atoms with Gasteiger partial charge in [0.15, 0.2) is 5.78 Å². The lowest BCUT2D eigenvalue weighted by Crippen LogP contribution is -2.60. The largest absolute Gasteiger partial charge is 0.361 e. The highest BCUT2D eigenvalue weighted by molar-refractivity contribution is 5.93. The summed E-state index contributed by atoms with van der Waals surface area (Å²) in [5.41, 5.74) is 1.34. The van der Waals surface area contributed by atoms with Crippen LogP contribution < -0.4 is 0 Å². The number of urea groups is 1. The maximum absolute atomic E-state index is 13.1. The van der Waals surface area contributed by atoms with E-state index >= 15 is 0 Å². The summed E-state index contributed by atoms with van der Waals surface area (Å²) in [5.74, 6) is 0.0867. The predicted octanol–water partition coefficient (Wildman–Crippen LogP) is 2.93. The normalized spacial score (nSPS) is 37.7. The molecule has 1 aromatic rings. The fourth-order valence-electron chi connectivity index (χ4n) is 4.58. The van der Waals surface area contributed by atoms with Gasteiger partial charge in [-0.05, 0) is 31.9 Å². The van der Waals surface area contributed by atoms with Gasteiger partial charge in [0.2, 0.25) is 0 Å². The van der Waals surface area contributed by atoms with Crippen LogP contribution in [0.5, 0.6) is 0 Å². The summed E-state index contributed by atoms with van der Waals surface area (Å²) in [5, 5.41) is 0. The molecule has 2 amide bonds. The number of carbonyl (C=O) groups is 2. The summed E-state index contributed by atoms with van der Waals surface area (Å²) in [6.07, 6.45) is 2.21. The number of nitrogens with zero attached hydrogens (tertiary/aromatic N) is 2. The Bertz CT molecular complexity index is 759. The van der Waals surface area contributed by atoms with Crippen LogP contribution >= 0.6 is 0 Å². The van der Waals surface area contributed by atoms with Crippen LogP contribution in [-0.4, -0.2) is 52.5 Å². The zero-order chi connectivity index (χ0) is 17.9. The highest BCUT2D eigenvalue weighted by atomic mass is 16.5. The Balaban J connectivity index is 1.82. The number of benzene rings is 1. The van der Waals surface area contributed by atoms with E-state index in [0.717, 1.165) is 11.1 Å². The van der Waals surface area contributed by atoms with Crippen LogP contribution in [0.4, 0.5) is 4.79 Å². The Morgan fingerprint density at radius 1 is 1.20 bits per heavy atom. The fourth-order valence-corrected chi connectivity index (χ4v) is 4.58. The Kier molecular flexibility index (Phi) is 3.55. The molecule has 0 aromatic heterocycles. The van der Waals surface area contributed by atoms with E-state index in [1.54, 1.807) is 16.8 Å². The van der Waals surface area contributed by atoms with Crippen molar-refractivity contribution >= 4 is 11.8 Å². The fraction of sp³-hybridized carbons (Fsp3) is 0.500. The summed E-state index contributed by atoms with van der Waals surface area (Å²) in [6, 6.07) is 9.07. The molecule has 0 spiro atoms. The molecule has 0 radical (unpaired) electrons. The molecule has 3 aliphatic heterocycles. The summed E-state index contributed by atoms with van der Waals surface area (Å²) in [6.45, 7) is 5.97. The molecule has 25 heavy (non-hydrogen) atoms. The van der Waals surface area contributed by atoms with Crippen molar-refractivity contribution in [1.29, 1.82) is 0 Å². The van der Waals surface area contributed by atoms with E-state index in [9.17, 15) is 9.59 Å². The van der Waals surface area contributed by atoms with Gasteiger partial charge in [-0.1, -0.05) is 36.4 Å². The van der Waals surface area contributed by atoms with Gasteiger partial charge in [-0.25, -0.2) is 4.79 Å². The van der Waals surface area contributed by atoms with Crippen molar-refractivity contribution < 1.29 is 14.3 Å². The lowest BCUT2D eigenvalue weighted by atomic mass is 9.83. The summed E-state index contributed by atoms with van der Waals surface area (Å²) in [7, 11) is 1.81. The Labute approximate surface area is 148 Å². The van der Waals surface area contributed by atoms with Crippen LogP contribution in [0.25, 0.3) is 0 Å². The number of Topliss-reactive ketones (excluding diaryl/α,β-unsaturated/α-hetero) is 1. The van der Waals surface area contributed by atoms with Gasteiger partial charge in [0, 0.05) is 13.5 Å². The molecule has 2 saturated heterocycles. The van der Waals surface area contributed by atoms with Crippen molar-refractivity contribution in [3.63, 3.8) is 0 Å². The minimum atomic E-state index is -0.742. The van der Waals surface area contributed by atoms with E-state index in [1.165, 1.54) is 0 Å². The van der Waals surface area contributed by atoms with Crippen molar-refractivity contribution in [2.45, 2.75) is 57.0 Å². The van der Waals surface area contributed by atoms with E-state index in [4.69, 9.17) is 4.74 Å². The molecule has 5 atom stereocenters. The predicted molar refractivity (Wildman–Crippen MR) is 94.1 cm³/mol. The van der Waals surface area contributed by atoms with Crippen molar-refractivity contribution in [3.8, 4) is 0 Å². The number of amides is 2. The molecule has 4 rings (SSSR count). The first-order valence-corrected chi connectivity index (χ1v) is 8.84. The van der Waals surface area contributed by atoms with Gasteiger partial charge in [-0.2, -0.15) is 0 Å². The average molecular weight is 340 g/mol. The second kappa shape index (κ2) is 5.43. The van der Waals surface area contributed by atoms with Crippen molar-refractivity contribution in [2.75, 3.05) is 7.05 Å². The zero-order valence-electron chi connectivity index (χ0n) is 15.1. The number of fused-ring (bicyclic) bond motifs is 2. The lowest BCUT2D eigenvalue weighted by molar-refractivity contribution is -0.151. The molecule has 3 heterocycles. The molecule has 2 bridgehead atoms. The second-order valence-electron chi connectivity index (χ2n) is 7.58. The standard InChI is InChI=1S/C20H24N2O3/c1-12-10-15-11-16(23)18(20(12,3)25-15)22-17(13(2)21(4)19(22)24)14-8-6-5-7-9-14/h5-10,13,15,17-18H,11H2,1-4H3. The van der Waals surface area contributed by atoms with Crippen LogP contribution in [-0.2, 0) is 9.53 Å². The highest BCUT2D eigenvalue weighted by Crippen LogP contribution is 2.47. The van der Waals surface area contributed by atoms with Gasteiger partial charge in [-0.15, -0.1) is 0 Å². The van der Waals surface area contributed by atoms with Crippen molar-refractivity contribution in [3.05, 3.63) is 47.5 Å². The maximum Gasteiger partial charge on any atom is 0.321 e. The molecule has 5 unspecified atom stereocenters. The number of carbonyl (C=O) groups excluding carboxylic acids is 2. The van der Waals surface area contributed by atoms with Gasteiger partial charge in [0.25, 0.3) is 0 Å². The molecule has 1 aromatic carbocycles. The minimum absolute atomic E-state index is 0.0188. The molecular weight excluding hydrogens is 316 g/mol. The van der Waals surface area contributed by atoms with Gasteiger partial charge in [0.1, 0.15) is 11.6 Å². The first-order valence-electron chi connectivity index (χ1n) is 8.84. The van der Waals surface area contributed by atoms with Crippen LogP contribution in [0, 0.1) is 0 Å². The third-order valence-electron chi connectivity index (χ3n) is 6.15. The second-order valence-corrected chi connectivity index (χ2v) is 7.58. The van der Waals surface area contributed by atoms with Crippen molar-refractivity contribution in [2.24, 2.45) is 0 Å². The van der Waals surface area contributed by atoms with E-state index < -0.39 is 11.6 Å². The number of hydrogen-bond acceptors (Lipinski definition) is 3. The number of hydrogen-bond donors (Lipinski definition) is 0. The van der Waals surface area contributed by atoms with Crippen LogP contribution in [0.1, 0.15) is 38.8 Å². The molecule has 0 saturated carbocycles.